The number of hydrogen-bond acceptors (Lipinski definition) is 2. The Kier molecular flexibility index (Phi) is 6.25. The number of aromatic nitrogens is 1. The third-order valence-corrected chi connectivity index (χ3v) is 5.85. The van der Waals surface area contributed by atoms with Crippen LogP contribution < -0.4 is 5.32 Å². The number of rotatable bonds is 6. The second-order valence-corrected chi connectivity index (χ2v) is 7.91. The zero-order chi connectivity index (χ0) is 18.7. The number of nitrogens with zero attached hydrogens (tertiary/aromatic N) is 2. The first-order valence-corrected chi connectivity index (χ1v) is 10.2. The average molecular weight is 376 g/mol. The molecular weight excluding hydrogens is 346 g/mol. The number of amides is 1. The Bertz CT molecular complexity index is 762. The topological polar surface area (TPSA) is 37.3 Å². The summed E-state index contributed by atoms with van der Waals surface area (Å²) in [4.78, 5) is 14.8. The van der Waals surface area contributed by atoms with Crippen LogP contribution in [-0.4, -0.2) is 34.5 Å². The molecule has 142 valence electrons. The van der Waals surface area contributed by atoms with Gasteiger partial charge in [-0.25, -0.2) is 0 Å². The van der Waals surface area contributed by atoms with Crippen molar-refractivity contribution in [3.05, 3.63) is 35.0 Å². The van der Waals surface area contributed by atoms with Gasteiger partial charge in [0.2, 0.25) is 5.91 Å². The third kappa shape index (κ3) is 4.24. The van der Waals surface area contributed by atoms with E-state index in [1.807, 2.05) is 6.07 Å². The predicted molar refractivity (Wildman–Crippen MR) is 109 cm³/mol. The summed E-state index contributed by atoms with van der Waals surface area (Å²) in [6.07, 6.45) is 5.11. The fourth-order valence-electron chi connectivity index (χ4n) is 3.79. The van der Waals surface area contributed by atoms with Gasteiger partial charge < -0.3 is 9.88 Å². The van der Waals surface area contributed by atoms with Crippen molar-refractivity contribution >= 4 is 28.4 Å². The van der Waals surface area contributed by atoms with E-state index in [2.05, 4.69) is 53.9 Å². The van der Waals surface area contributed by atoms with Crippen LogP contribution in [0.5, 0.6) is 0 Å². The molecule has 0 bridgehead atoms. The van der Waals surface area contributed by atoms with Crippen molar-refractivity contribution < 1.29 is 4.79 Å². The highest BCUT2D eigenvalue weighted by molar-refractivity contribution is 6.31. The van der Waals surface area contributed by atoms with E-state index in [1.165, 1.54) is 16.5 Å². The lowest BCUT2D eigenvalue weighted by Crippen LogP contribution is -2.42. The highest BCUT2D eigenvalue weighted by atomic mass is 35.5. The summed E-state index contributed by atoms with van der Waals surface area (Å²) in [5, 5.41) is 5.16. The number of halogens is 1. The second kappa shape index (κ2) is 8.45. The van der Waals surface area contributed by atoms with Gasteiger partial charge >= 0.3 is 0 Å². The third-order valence-electron chi connectivity index (χ3n) is 5.62. The van der Waals surface area contributed by atoms with Gasteiger partial charge in [-0.05, 0) is 70.0 Å². The molecule has 1 amide bonds. The summed E-state index contributed by atoms with van der Waals surface area (Å²) in [6.45, 7) is 10.2. The second-order valence-electron chi connectivity index (χ2n) is 7.47. The van der Waals surface area contributed by atoms with Crippen LogP contribution in [0.1, 0.15) is 45.6 Å². The Hall–Kier alpha value is -1.52. The molecule has 1 fully saturated rings. The van der Waals surface area contributed by atoms with Gasteiger partial charge in [-0.15, -0.1) is 0 Å². The van der Waals surface area contributed by atoms with Gasteiger partial charge in [-0.2, -0.15) is 0 Å². The number of fused-ring (bicyclic) bond motifs is 1. The van der Waals surface area contributed by atoms with Gasteiger partial charge in [-0.1, -0.05) is 18.5 Å². The van der Waals surface area contributed by atoms with E-state index in [1.54, 1.807) is 0 Å². The Morgan fingerprint density at radius 3 is 2.69 bits per heavy atom. The molecule has 1 aliphatic rings. The standard InChI is InChI=1S/C21H30ClN3O/c1-4-15(3)23-21(26)16-8-10-24(11-9-16)13-17-14-25(5-2)20-7-6-18(22)12-19(17)20/h6-7,12,14-16H,4-5,8-11,13H2,1-3H3,(H,23,26)/t15-/m1/s1. The molecule has 4 nitrogen and oxygen atoms in total. The molecule has 2 heterocycles. The number of nitrogens with one attached hydrogen (secondary N) is 1. The van der Waals surface area contributed by atoms with Gasteiger partial charge in [0.15, 0.2) is 0 Å². The van der Waals surface area contributed by atoms with E-state index >= 15 is 0 Å². The lowest BCUT2D eigenvalue weighted by Gasteiger charge is -2.31. The molecule has 2 aromatic rings. The lowest BCUT2D eigenvalue weighted by molar-refractivity contribution is -0.127. The molecule has 1 aromatic carbocycles. The van der Waals surface area contributed by atoms with Crippen molar-refractivity contribution in [2.75, 3.05) is 13.1 Å². The highest BCUT2D eigenvalue weighted by Crippen LogP contribution is 2.27. The fraction of sp³-hybridized carbons (Fsp3) is 0.571. The van der Waals surface area contributed by atoms with Crippen molar-refractivity contribution in [2.45, 2.75) is 59.2 Å². The van der Waals surface area contributed by atoms with Crippen LogP contribution in [-0.2, 0) is 17.9 Å². The number of carbonyl (C=O) groups is 1. The molecule has 0 aliphatic carbocycles. The van der Waals surface area contributed by atoms with Crippen LogP contribution in [0, 0.1) is 5.92 Å². The van der Waals surface area contributed by atoms with E-state index in [4.69, 9.17) is 11.6 Å². The summed E-state index contributed by atoms with van der Waals surface area (Å²) >= 11 is 6.23. The summed E-state index contributed by atoms with van der Waals surface area (Å²) in [5.41, 5.74) is 2.57. The molecule has 1 saturated heterocycles. The van der Waals surface area contributed by atoms with Crippen LogP contribution in [0.25, 0.3) is 10.9 Å². The molecule has 26 heavy (non-hydrogen) atoms. The van der Waals surface area contributed by atoms with Crippen LogP contribution in [0.15, 0.2) is 24.4 Å². The van der Waals surface area contributed by atoms with Crippen molar-refractivity contribution in [1.29, 1.82) is 0 Å². The van der Waals surface area contributed by atoms with Crippen molar-refractivity contribution in [3.8, 4) is 0 Å². The lowest BCUT2D eigenvalue weighted by atomic mass is 9.95. The summed E-state index contributed by atoms with van der Waals surface area (Å²) in [7, 11) is 0. The molecular formula is C21H30ClN3O. The Labute approximate surface area is 161 Å². The van der Waals surface area contributed by atoms with Crippen LogP contribution >= 0.6 is 11.6 Å². The maximum absolute atomic E-state index is 12.3. The van der Waals surface area contributed by atoms with E-state index in [-0.39, 0.29) is 17.9 Å². The molecule has 0 spiro atoms. The normalized spacial score (nSPS) is 17.5. The zero-order valence-electron chi connectivity index (χ0n) is 16.1. The predicted octanol–water partition coefficient (Wildman–Crippen LogP) is 4.44. The number of aryl methyl sites for hydroxylation is 1. The van der Waals surface area contributed by atoms with Crippen molar-refractivity contribution in [1.82, 2.24) is 14.8 Å². The molecule has 5 heteroatoms. The first-order chi connectivity index (χ1) is 12.5. The van der Waals surface area contributed by atoms with Crippen molar-refractivity contribution in [2.24, 2.45) is 5.92 Å². The summed E-state index contributed by atoms with van der Waals surface area (Å²) in [5.74, 6) is 0.389. The van der Waals surface area contributed by atoms with Gasteiger partial charge in [0, 0.05) is 47.2 Å². The fourth-order valence-corrected chi connectivity index (χ4v) is 3.96. The first kappa shape index (κ1) is 19.2. The minimum Gasteiger partial charge on any atom is -0.353 e. The number of carbonyl (C=O) groups excluding carboxylic acids is 1. The Balaban J connectivity index is 1.64. The number of piperidine rings is 1. The monoisotopic (exact) mass is 375 g/mol. The van der Waals surface area contributed by atoms with Gasteiger partial charge in [0.1, 0.15) is 0 Å². The molecule has 1 N–H and O–H groups in total. The maximum Gasteiger partial charge on any atom is 0.223 e. The minimum atomic E-state index is 0.159. The van der Waals surface area contributed by atoms with Gasteiger partial charge in [-0.3, -0.25) is 9.69 Å². The molecule has 0 unspecified atom stereocenters. The van der Waals surface area contributed by atoms with E-state index in [0.717, 1.165) is 50.5 Å². The maximum atomic E-state index is 12.3. The average Bonchev–Trinajstić information content (AvgIpc) is 2.99. The molecule has 0 radical (unpaired) electrons. The number of hydrogen-bond donors (Lipinski definition) is 1. The van der Waals surface area contributed by atoms with Crippen LogP contribution in [0.2, 0.25) is 5.02 Å². The summed E-state index contributed by atoms with van der Waals surface area (Å²) < 4.78 is 2.29. The molecule has 1 atom stereocenters. The van der Waals surface area contributed by atoms with Crippen molar-refractivity contribution in [3.63, 3.8) is 0 Å². The van der Waals surface area contributed by atoms with E-state index in [0.29, 0.717) is 0 Å². The van der Waals surface area contributed by atoms with Crippen LogP contribution in [0.3, 0.4) is 0 Å². The smallest absolute Gasteiger partial charge is 0.223 e. The Morgan fingerprint density at radius 1 is 1.31 bits per heavy atom. The van der Waals surface area contributed by atoms with Gasteiger partial charge in [0.05, 0.1) is 0 Å². The molecule has 1 aliphatic heterocycles. The Morgan fingerprint density at radius 2 is 2.04 bits per heavy atom. The molecule has 0 saturated carbocycles. The van der Waals surface area contributed by atoms with E-state index < -0.39 is 0 Å². The largest absolute Gasteiger partial charge is 0.353 e. The minimum absolute atomic E-state index is 0.159. The SMILES string of the molecule is CC[C@@H](C)NC(=O)C1CCN(Cc2cn(CC)c3ccc(Cl)cc23)CC1. The first-order valence-electron chi connectivity index (χ1n) is 9.81. The number of likely N-dealkylation sites (tertiary alicyclic amines) is 1. The quantitative estimate of drug-likeness (QED) is 0.810. The highest BCUT2D eigenvalue weighted by Gasteiger charge is 2.26. The zero-order valence-corrected chi connectivity index (χ0v) is 16.9. The van der Waals surface area contributed by atoms with E-state index in [9.17, 15) is 4.79 Å². The molecule has 3 rings (SSSR count). The van der Waals surface area contributed by atoms with Gasteiger partial charge in [0.25, 0.3) is 0 Å². The molecule has 1 aromatic heterocycles. The number of benzene rings is 1. The van der Waals surface area contributed by atoms with Crippen LogP contribution in [0.4, 0.5) is 0 Å². The summed E-state index contributed by atoms with van der Waals surface area (Å²) in [6, 6.07) is 6.41.